The van der Waals surface area contributed by atoms with Gasteiger partial charge in [0.1, 0.15) is 0 Å². The molecule has 0 fully saturated rings. The third-order valence-corrected chi connectivity index (χ3v) is 2.77. The van der Waals surface area contributed by atoms with Gasteiger partial charge < -0.3 is 10.2 Å². The van der Waals surface area contributed by atoms with Crippen LogP contribution in [0.3, 0.4) is 0 Å². The Kier molecular flexibility index (Phi) is 4.11. The molecule has 0 amide bonds. The van der Waals surface area contributed by atoms with Crippen molar-refractivity contribution < 1.29 is 0 Å². The van der Waals surface area contributed by atoms with E-state index in [1.54, 1.807) is 4.68 Å². The fourth-order valence-electron chi connectivity index (χ4n) is 1.71. The number of nitrogens with one attached hydrogen (secondary N) is 1. The molecule has 0 saturated heterocycles. The first-order valence-electron chi connectivity index (χ1n) is 6.00. The Bertz CT molecular complexity index is 466. The van der Waals surface area contributed by atoms with Crippen molar-refractivity contribution in [2.45, 2.75) is 6.42 Å². The van der Waals surface area contributed by atoms with E-state index in [4.69, 9.17) is 0 Å². The summed E-state index contributed by atoms with van der Waals surface area (Å²) in [6.07, 6.45) is 1.03. The SMILES string of the molecule is CN(CCCNc1nnnn1C)c1ccccc1. The van der Waals surface area contributed by atoms with Crippen LogP contribution in [-0.4, -0.2) is 40.3 Å². The average molecular weight is 246 g/mol. The summed E-state index contributed by atoms with van der Waals surface area (Å²) in [7, 11) is 3.91. The van der Waals surface area contributed by atoms with E-state index >= 15 is 0 Å². The molecule has 6 nitrogen and oxygen atoms in total. The summed E-state index contributed by atoms with van der Waals surface area (Å²) in [5.41, 5.74) is 1.23. The van der Waals surface area contributed by atoms with Crippen molar-refractivity contribution in [1.29, 1.82) is 0 Å². The number of hydrogen-bond donors (Lipinski definition) is 1. The second-order valence-corrected chi connectivity index (χ2v) is 4.16. The zero-order chi connectivity index (χ0) is 12.8. The van der Waals surface area contributed by atoms with Crippen molar-refractivity contribution >= 4 is 11.6 Å². The average Bonchev–Trinajstić information content (AvgIpc) is 2.81. The highest BCUT2D eigenvalue weighted by Gasteiger charge is 2.01. The van der Waals surface area contributed by atoms with Crippen LogP contribution >= 0.6 is 0 Å². The van der Waals surface area contributed by atoms with Crippen molar-refractivity contribution in [3.8, 4) is 0 Å². The minimum absolute atomic E-state index is 0.706. The van der Waals surface area contributed by atoms with Crippen LogP contribution in [0, 0.1) is 0 Å². The maximum absolute atomic E-state index is 3.87. The first kappa shape index (κ1) is 12.3. The van der Waals surface area contributed by atoms with Crippen LogP contribution in [0.4, 0.5) is 11.6 Å². The molecular formula is C12H18N6. The van der Waals surface area contributed by atoms with Crippen molar-refractivity contribution in [3.63, 3.8) is 0 Å². The molecule has 0 atom stereocenters. The number of hydrogen-bond acceptors (Lipinski definition) is 5. The van der Waals surface area contributed by atoms with Crippen molar-refractivity contribution in [1.82, 2.24) is 20.2 Å². The molecule has 6 heteroatoms. The summed E-state index contributed by atoms with van der Waals surface area (Å²) in [5.74, 6) is 0.706. The summed E-state index contributed by atoms with van der Waals surface area (Å²) in [4.78, 5) is 2.23. The lowest BCUT2D eigenvalue weighted by molar-refractivity contribution is 0.709. The molecule has 0 saturated carbocycles. The molecule has 1 aromatic heterocycles. The van der Waals surface area contributed by atoms with Gasteiger partial charge in [0.2, 0.25) is 5.95 Å². The van der Waals surface area contributed by atoms with Gasteiger partial charge in [-0.3, -0.25) is 0 Å². The summed E-state index contributed by atoms with van der Waals surface area (Å²) in [5, 5.41) is 14.4. The Hall–Kier alpha value is -2.11. The van der Waals surface area contributed by atoms with Crippen LogP contribution in [0.1, 0.15) is 6.42 Å². The Balaban J connectivity index is 1.71. The van der Waals surface area contributed by atoms with Gasteiger partial charge in [-0.25, -0.2) is 4.68 Å². The minimum Gasteiger partial charge on any atom is -0.375 e. The number of nitrogens with zero attached hydrogens (tertiary/aromatic N) is 5. The predicted molar refractivity (Wildman–Crippen MR) is 71.6 cm³/mol. The van der Waals surface area contributed by atoms with E-state index in [0.717, 1.165) is 19.5 Å². The number of para-hydroxylation sites is 1. The number of benzene rings is 1. The third-order valence-electron chi connectivity index (χ3n) is 2.77. The van der Waals surface area contributed by atoms with Gasteiger partial charge >= 0.3 is 0 Å². The Morgan fingerprint density at radius 3 is 2.72 bits per heavy atom. The fourth-order valence-corrected chi connectivity index (χ4v) is 1.71. The number of anilines is 2. The number of aryl methyl sites for hydroxylation is 1. The summed E-state index contributed by atoms with van der Waals surface area (Å²) >= 11 is 0. The first-order chi connectivity index (χ1) is 8.77. The van der Waals surface area contributed by atoms with Gasteiger partial charge in [-0.15, -0.1) is 0 Å². The Morgan fingerprint density at radius 2 is 2.06 bits per heavy atom. The molecule has 0 spiro atoms. The van der Waals surface area contributed by atoms with Gasteiger partial charge in [0.05, 0.1) is 0 Å². The standard InChI is InChI=1S/C12H18N6/c1-17(11-7-4-3-5-8-11)10-6-9-13-12-14-15-16-18(12)2/h3-5,7-8H,6,9-10H2,1-2H3,(H,13,14,16). The van der Waals surface area contributed by atoms with Gasteiger partial charge in [-0.1, -0.05) is 23.3 Å². The van der Waals surface area contributed by atoms with Gasteiger partial charge in [0.15, 0.2) is 0 Å². The molecule has 2 rings (SSSR count). The van der Waals surface area contributed by atoms with E-state index < -0.39 is 0 Å². The van der Waals surface area contributed by atoms with E-state index in [1.165, 1.54) is 5.69 Å². The highest BCUT2D eigenvalue weighted by atomic mass is 15.6. The molecule has 1 N–H and O–H groups in total. The van der Waals surface area contributed by atoms with Crippen molar-refractivity contribution in [2.24, 2.45) is 7.05 Å². The third kappa shape index (κ3) is 3.19. The molecule has 0 bridgehead atoms. The van der Waals surface area contributed by atoms with E-state index in [2.05, 4.69) is 57.1 Å². The van der Waals surface area contributed by atoms with Crippen LogP contribution in [0.5, 0.6) is 0 Å². The lowest BCUT2D eigenvalue weighted by Crippen LogP contribution is -2.21. The summed E-state index contributed by atoms with van der Waals surface area (Å²) in [6, 6.07) is 10.4. The van der Waals surface area contributed by atoms with E-state index in [-0.39, 0.29) is 0 Å². The highest BCUT2D eigenvalue weighted by Crippen LogP contribution is 2.10. The molecule has 1 aromatic carbocycles. The zero-order valence-electron chi connectivity index (χ0n) is 10.7. The lowest BCUT2D eigenvalue weighted by Gasteiger charge is -2.19. The molecule has 0 radical (unpaired) electrons. The smallest absolute Gasteiger partial charge is 0.242 e. The summed E-state index contributed by atoms with van der Waals surface area (Å²) < 4.78 is 1.63. The van der Waals surface area contributed by atoms with Crippen LogP contribution in [-0.2, 0) is 7.05 Å². The van der Waals surface area contributed by atoms with Gasteiger partial charge in [-0.2, -0.15) is 0 Å². The van der Waals surface area contributed by atoms with Crippen LogP contribution < -0.4 is 10.2 Å². The van der Waals surface area contributed by atoms with E-state index in [9.17, 15) is 0 Å². The zero-order valence-corrected chi connectivity index (χ0v) is 10.7. The normalized spacial score (nSPS) is 10.3. The fraction of sp³-hybridized carbons (Fsp3) is 0.417. The first-order valence-corrected chi connectivity index (χ1v) is 6.00. The van der Waals surface area contributed by atoms with E-state index in [1.807, 2.05) is 13.1 Å². The molecule has 18 heavy (non-hydrogen) atoms. The maximum atomic E-state index is 3.87. The summed E-state index contributed by atoms with van der Waals surface area (Å²) in [6.45, 7) is 1.84. The molecule has 2 aromatic rings. The molecule has 0 aliphatic rings. The predicted octanol–water partition coefficient (Wildman–Crippen LogP) is 1.15. The largest absolute Gasteiger partial charge is 0.375 e. The highest BCUT2D eigenvalue weighted by molar-refractivity contribution is 5.44. The Labute approximate surface area is 107 Å². The second kappa shape index (κ2) is 6.00. The molecular weight excluding hydrogens is 228 g/mol. The number of rotatable bonds is 6. The number of aromatic nitrogens is 4. The monoisotopic (exact) mass is 246 g/mol. The maximum Gasteiger partial charge on any atom is 0.242 e. The second-order valence-electron chi connectivity index (χ2n) is 4.16. The molecule has 96 valence electrons. The van der Waals surface area contributed by atoms with Gasteiger partial charge in [0.25, 0.3) is 0 Å². The van der Waals surface area contributed by atoms with Crippen LogP contribution in [0.2, 0.25) is 0 Å². The van der Waals surface area contributed by atoms with Gasteiger partial charge in [-0.05, 0) is 29.0 Å². The van der Waals surface area contributed by atoms with E-state index in [0.29, 0.717) is 5.95 Å². The molecule has 0 aliphatic heterocycles. The van der Waals surface area contributed by atoms with Crippen LogP contribution in [0.15, 0.2) is 30.3 Å². The van der Waals surface area contributed by atoms with Gasteiger partial charge in [0, 0.05) is 32.9 Å². The topological polar surface area (TPSA) is 58.9 Å². The molecule has 1 heterocycles. The minimum atomic E-state index is 0.706. The quantitative estimate of drug-likeness (QED) is 0.775. The Morgan fingerprint density at radius 1 is 1.28 bits per heavy atom. The number of tetrazole rings is 1. The molecule has 0 unspecified atom stereocenters. The lowest BCUT2D eigenvalue weighted by atomic mass is 10.3. The van der Waals surface area contributed by atoms with Crippen molar-refractivity contribution in [3.05, 3.63) is 30.3 Å². The molecule has 0 aliphatic carbocycles. The van der Waals surface area contributed by atoms with Crippen molar-refractivity contribution in [2.75, 3.05) is 30.4 Å². The van der Waals surface area contributed by atoms with Crippen LogP contribution in [0.25, 0.3) is 0 Å².